The van der Waals surface area contributed by atoms with Crippen LogP contribution >= 0.6 is 0 Å². The Balaban J connectivity index is 2.35. The maximum absolute atomic E-state index is 5.69. The van der Waals surface area contributed by atoms with E-state index in [4.69, 9.17) is 9.47 Å². The van der Waals surface area contributed by atoms with Gasteiger partial charge in [0.15, 0.2) is 6.29 Å². The SMILES string of the molecule is C=CC1=CC=C(OC(C)OCC(C)C)CC1. The molecule has 0 heterocycles. The van der Waals surface area contributed by atoms with Crippen LogP contribution in [-0.2, 0) is 9.47 Å². The van der Waals surface area contributed by atoms with E-state index in [1.165, 1.54) is 5.57 Å². The van der Waals surface area contributed by atoms with E-state index in [9.17, 15) is 0 Å². The second-order valence-electron chi connectivity index (χ2n) is 4.49. The predicted molar refractivity (Wildman–Crippen MR) is 66.9 cm³/mol. The molecule has 0 bridgehead atoms. The Morgan fingerprint density at radius 2 is 2.06 bits per heavy atom. The molecule has 0 amide bonds. The number of allylic oxidation sites excluding steroid dienone is 5. The zero-order valence-corrected chi connectivity index (χ0v) is 10.5. The van der Waals surface area contributed by atoms with Crippen molar-refractivity contribution < 1.29 is 9.47 Å². The quantitative estimate of drug-likeness (QED) is 0.636. The van der Waals surface area contributed by atoms with E-state index in [-0.39, 0.29) is 6.29 Å². The van der Waals surface area contributed by atoms with Gasteiger partial charge >= 0.3 is 0 Å². The van der Waals surface area contributed by atoms with Crippen LogP contribution in [0.3, 0.4) is 0 Å². The summed E-state index contributed by atoms with van der Waals surface area (Å²) in [5.74, 6) is 1.54. The molecule has 2 heteroatoms. The zero-order valence-electron chi connectivity index (χ0n) is 10.5. The van der Waals surface area contributed by atoms with Gasteiger partial charge in [0, 0.05) is 6.42 Å². The Morgan fingerprint density at radius 3 is 2.56 bits per heavy atom. The van der Waals surface area contributed by atoms with E-state index in [1.54, 1.807) is 0 Å². The molecular formula is C14H22O2. The van der Waals surface area contributed by atoms with Crippen LogP contribution < -0.4 is 0 Å². The van der Waals surface area contributed by atoms with Crippen LogP contribution in [0.1, 0.15) is 33.6 Å². The molecule has 1 atom stereocenters. The molecule has 1 unspecified atom stereocenters. The molecule has 1 aliphatic rings. The minimum atomic E-state index is -0.160. The van der Waals surface area contributed by atoms with Gasteiger partial charge < -0.3 is 9.47 Å². The van der Waals surface area contributed by atoms with E-state index in [2.05, 4.69) is 26.5 Å². The summed E-state index contributed by atoms with van der Waals surface area (Å²) in [6.45, 7) is 10.7. The molecule has 0 radical (unpaired) electrons. The van der Waals surface area contributed by atoms with Crippen molar-refractivity contribution >= 4 is 0 Å². The van der Waals surface area contributed by atoms with Crippen LogP contribution in [0.5, 0.6) is 0 Å². The number of rotatable bonds is 6. The maximum atomic E-state index is 5.69. The summed E-state index contributed by atoms with van der Waals surface area (Å²) in [6.07, 6.45) is 7.75. The van der Waals surface area contributed by atoms with E-state index in [0.717, 1.165) is 25.2 Å². The molecule has 16 heavy (non-hydrogen) atoms. The highest BCUT2D eigenvalue weighted by atomic mass is 16.7. The molecule has 0 N–H and O–H groups in total. The lowest BCUT2D eigenvalue weighted by atomic mass is 10.0. The number of hydrogen-bond donors (Lipinski definition) is 0. The van der Waals surface area contributed by atoms with Crippen LogP contribution in [0.25, 0.3) is 0 Å². The highest BCUT2D eigenvalue weighted by molar-refractivity contribution is 5.27. The standard InChI is InChI=1S/C14H22O2/c1-5-13-6-8-14(9-7-13)16-12(4)15-10-11(2)3/h5-6,8,11-12H,1,7,9-10H2,2-4H3. The molecule has 0 aromatic rings. The smallest absolute Gasteiger partial charge is 0.196 e. The van der Waals surface area contributed by atoms with Gasteiger partial charge in [-0.25, -0.2) is 0 Å². The van der Waals surface area contributed by atoms with Gasteiger partial charge in [0.2, 0.25) is 0 Å². The van der Waals surface area contributed by atoms with Crippen molar-refractivity contribution in [2.45, 2.75) is 39.9 Å². The van der Waals surface area contributed by atoms with Crippen molar-refractivity contribution in [1.82, 2.24) is 0 Å². The monoisotopic (exact) mass is 222 g/mol. The first kappa shape index (κ1) is 13.0. The minimum Gasteiger partial charge on any atom is -0.470 e. The van der Waals surface area contributed by atoms with E-state index in [1.807, 2.05) is 19.1 Å². The van der Waals surface area contributed by atoms with Crippen LogP contribution in [0.15, 0.2) is 36.1 Å². The Bertz CT molecular complexity index is 287. The first-order valence-corrected chi connectivity index (χ1v) is 5.92. The van der Waals surface area contributed by atoms with Gasteiger partial charge in [0.1, 0.15) is 0 Å². The molecule has 0 aromatic carbocycles. The van der Waals surface area contributed by atoms with Crippen LogP contribution in [-0.4, -0.2) is 12.9 Å². The van der Waals surface area contributed by atoms with Crippen molar-refractivity contribution in [2.75, 3.05) is 6.61 Å². The molecular weight excluding hydrogens is 200 g/mol. The van der Waals surface area contributed by atoms with Gasteiger partial charge in [-0.05, 0) is 30.9 Å². The molecule has 1 aliphatic carbocycles. The minimum absolute atomic E-state index is 0.160. The maximum Gasteiger partial charge on any atom is 0.196 e. The van der Waals surface area contributed by atoms with E-state index >= 15 is 0 Å². The summed E-state index contributed by atoms with van der Waals surface area (Å²) in [5.41, 5.74) is 1.27. The van der Waals surface area contributed by atoms with Gasteiger partial charge in [-0.3, -0.25) is 0 Å². The second-order valence-corrected chi connectivity index (χ2v) is 4.49. The average Bonchev–Trinajstić information content (AvgIpc) is 2.27. The summed E-state index contributed by atoms with van der Waals surface area (Å²) in [4.78, 5) is 0. The molecule has 0 saturated heterocycles. The highest BCUT2D eigenvalue weighted by Crippen LogP contribution is 2.21. The van der Waals surface area contributed by atoms with Crippen molar-refractivity contribution in [3.63, 3.8) is 0 Å². The van der Waals surface area contributed by atoms with Gasteiger partial charge in [-0.15, -0.1) is 0 Å². The second kappa shape index (κ2) is 6.54. The average molecular weight is 222 g/mol. The normalized spacial score (nSPS) is 17.8. The summed E-state index contributed by atoms with van der Waals surface area (Å²) in [7, 11) is 0. The largest absolute Gasteiger partial charge is 0.470 e. The highest BCUT2D eigenvalue weighted by Gasteiger charge is 2.10. The van der Waals surface area contributed by atoms with Gasteiger partial charge in [0.05, 0.1) is 12.4 Å². The van der Waals surface area contributed by atoms with Crippen LogP contribution in [0.4, 0.5) is 0 Å². The summed E-state index contributed by atoms with van der Waals surface area (Å²) >= 11 is 0. The van der Waals surface area contributed by atoms with Gasteiger partial charge in [-0.2, -0.15) is 0 Å². The first-order chi connectivity index (χ1) is 7.61. The fourth-order valence-corrected chi connectivity index (χ4v) is 1.48. The van der Waals surface area contributed by atoms with Crippen molar-refractivity contribution in [3.05, 3.63) is 36.1 Å². The Labute approximate surface area is 98.6 Å². The van der Waals surface area contributed by atoms with Crippen LogP contribution in [0, 0.1) is 5.92 Å². The lowest BCUT2D eigenvalue weighted by Gasteiger charge is -2.20. The molecule has 1 rings (SSSR count). The Kier molecular flexibility index (Phi) is 5.33. The molecule has 2 nitrogen and oxygen atoms in total. The Morgan fingerprint density at radius 1 is 1.31 bits per heavy atom. The van der Waals surface area contributed by atoms with E-state index in [0.29, 0.717) is 5.92 Å². The third kappa shape index (κ3) is 4.67. The van der Waals surface area contributed by atoms with E-state index < -0.39 is 0 Å². The lowest BCUT2D eigenvalue weighted by Crippen LogP contribution is -2.16. The third-order valence-corrected chi connectivity index (χ3v) is 2.39. The first-order valence-electron chi connectivity index (χ1n) is 5.92. The molecule has 0 saturated carbocycles. The third-order valence-electron chi connectivity index (χ3n) is 2.39. The fourth-order valence-electron chi connectivity index (χ4n) is 1.48. The number of ether oxygens (including phenoxy) is 2. The molecule has 0 aromatic heterocycles. The lowest BCUT2D eigenvalue weighted by molar-refractivity contribution is -0.112. The van der Waals surface area contributed by atoms with Crippen molar-refractivity contribution in [2.24, 2.45) is 5.92 Å². The predicted octanol–water partition coefficient (Wildman–Crippen LogP) is 3.81. The zero-order chi connectivity index (χ0) is 12.0. The summed E-state index contributed by atoms with van der Waals surface area (Å²) < 4.78 is 11.2. The van der Waals surface area contributed by atoms with Gasteiger partial charge in [-0.1, -0.05) is 32.6 Å². The Hall–Kier alpha value is -1.02. The summed E-state index contributed by atoms with van der Waals surface area (Å²) in [6, 6.07) is 0. The summed E-state index contributed by atoms with van der Waals surface area (Å²) in [5, 5.41) is 0. The molecule has 0 aliphatic heterocycles. The molecule has 90 valence electrons. The van der Waals surface area contributed by atoms with Gasteiger partial charge in [0.25, 0.3) is 0 Å². The molecule has 0 fully saturated rings. The van der Waals surface area contributed by atoms with Crippen molar-refractivity contribution in [1.29, 1.82) is 0 Å². The van der Waals surface area contributed by atoms with Crippen LogP contribution in [0.2, 0.25) is 0 Å². The topological polar surface area (TPSA) is 18.5 Å². The van der Waals surface area contributed by atoms with Crippen molar-refractivity contribution in [3.8, 4) is 0 Å². The fraction of sp³-hybridized carbons (Fsp3) is 0.571. The number of hydrogen-bond acceptors (Lipinski definition) is 2. The molecule has 0 spiro atoms.